The first kappa shape index (κ1) is 9.67. The molecule has 5 N–H and O–H groups in total. The van der Waals surface area contributed by atoms with Gasteiger partial charge in [0.05, 0.1) is 12.1 Å². The van der Waals surface area contributed by atoms with Gasteiger partial charge in [-0.15, -0.1) is 0 Å². The van der Waals surface area contributed by atoms with Crippen molar-refractivity contribution in [3.8, 4) is 0 Å². The first-order valence-corrected chi connectivity index (χ1v) is 4.55. The summed E-state index contributed by atoms with van der Waals surface area (Å²) < 4.78 is 0. The first-order valence-electron chi connectivity index (χ1n) is 4.55. The zero-order chi connectivity index (χ0) is 11.0. The number of aliphatic hydroxyl groups is 1. The van der Waals surface area contributed by atoms with Crippen LogP contribution in [0.25, 0.3) is 10.9 Å². The molecule has 78 valence electrons. The maximum Gasteiger partial charge on any atom is 0.222 e. The van der Waals surface area contributed by atoms with E-state index in [1.807, 2.05) is 13.0 Å². The highest BCUT2D eigenvalue weighted by Gasteiger charge is 2.08. The third-order valence-electron chi connectivity index (χ3n) is 2.45. The molecule has 0 aliphatic heterocycles. The Morgan fingerprint density at radius 2 is 2.00 bits per heavy atom. The molecule has 0 amide bonds. The van der Waals surface area contributed by atoms with E-state index in [2.05, 4.69) is 9.97 Å². The van der Waals surface area contributed by atoms with Gasteiger partial charge in [-0.05, 0) is 24.1 Å². The maximum atomic E-state index is 9.12. The van der Waals surface area contributed by atoms with Gasteiger partial charge in [0.25, 0.3) is 0 Å². The average molecular weight is 204 g/mol. The van der Waals surface area contributed by atoms with E-state index in [1.165, 1.54) is 0 Å². The second kappa shape index (κ2) is 3.36. The van der Waals surface area contributed by atoms with Crippen LogP contribution in [0.15, 0.2) is 12.1 Å². The number of hydrogen-bond donors (Lipinski definition) is 3. The number of aryl methyl sites for hydroxylation is 1. The second-order valence-electron chi connectivity index (χ2n) is 3.37. The van der Waals surface area contributed by atoms with Crippen molar-refractivity contribution in [3.63, 3.8) is 0 Å². The van der Waals surface area contributed by atoms with Crippen LogP contribution in [0.1, 0.15) is 11.1 Å². The van der Waals surface area contributed by atoms with Gasteiger partial charge in [-0.25, -0.2) is 4.98 Å². The van der Waals surface area contributed by atoms with Crippen molar-refractivity contribution in [2.75, 3.05) is 11.5 Å². The van der Waals surface area contributed by atoms with Gasteiger partial charge in [-0.1, -0.05) is 6.07 Å². The van der Waals surface area contributed by atoms with Crippen LogP contribution in [0.2, 0.25) is 0 Å². The van der Waals surface area contributed by atoms with Gasteiger partial charge in [-0.2, -0.15) is 4.98 Å². The van der Waals surface area contributed by atoms with Crippen LogP contribution in [0.4, 0.5) is 11.8 Å². The lowest BCUT2D eigenvalue weighted by Gasteiger charge is -2.08. The Morgan fingerprint density at radius 1 is 1.27 bits per heavy atom. The van der Waals surface area contributed by atoms with E-state index in [0.29, 0.717) is 11.3 Å². The average Bonchev–Trinajstić information content (AvgIpc) is 2.17. The van der Waals surface area contributed by atoms with Crippen LogP contribution in [0.5, 0.6) is 0 Å². The number of anilines is 2. The van der Waals surface area contributed by atoms with Gasteiger partial charge in [-0.3, -0.25) is 0 Å². The molecule has 0 saturated carbocycles. The first-order chi connectivity index (χ1) is 7.13. The summed E-state index contributed by atoms with van der Waals surface area (Å²) in [4.78, 5) is 7.98. The molecule has 0 radical (unpaired) electrons. The van der Waals surface area contributed by atoms with Gasteiger partial charge in [0.1, 0.15) is 5.82 Å². The van der Waals surface area contributed by atoms with Gasteiger partial charge in [0.2, 0.25) is 5.95 Å². The lowest BCUT2D eigenvalue weighted by atomic mass is 10.0. The van der Waals surface area contributed by atoms with Crippen molar-refractivity contribution in [1.29, 1.82) is 0 Å². The summed E-state index contributed by atoms with van der Waals surface area (Å²) >= 11 is 0. The van der Waals surface area contributed by atoms with E-state index >= 15 is 0 Å². The molecule has 1 heterocycles. The van der Waals surface area contributed by atoms with Crippen LogP contribution in [0.3, 0.4) is 0 Å². The lowest BCUT2D eigenvalue weighted by molar-refractivity contribution is 0.281. The molecule has 2 aromatic rings. The minimum Gasteiger partial charge on any atom is -0.392 e. The molecule has 0 unspecified atom stereocenters. The predicted octanol–water partition coefficient (Wildman–Crippen LogP) is 0.595. The molecule has 2 rings (SSSR count). The summed E-state index contributed by atoms with van der Waals surface area (Å²) in [6, 6.07) is 3.59. The van der Waals surface area contributed by atoms with Crippen molar-refractivity contribution >= 4 is 22.7 Å². The van der Waals surface area contributed by atoms with Crippen LogP contribution in [-0.2, 0) is 6.61 Å². The van der Waals surface area contributed by atoms with Gasteiger partial charge < -0.3 is 16.6 Å². The summed E-state index contributed by atoms with van der Waals surface area (Å²) in [7, 11) is 0. The normalized spacial score (nSPS) is 10.8. The van der Waals surface area contributed by atoms with Gasteiger partial charge in [0.15, 0.2) is 0 Å². The Balaban J connectivity index is 2.87. The number of rotatable bonds is 1. The van der Waals surface area contributed by atoms with E-state index in [-0.39, 0.29) is 12.6 Å². The molecule has 0 aliphatic carbocycles. The molecule has 1 aromatic heterocycles. The molecule has 15 heavy (non-hydrogen) atoms. The molecule has 0 fully saturated rings. The Kier molecular flexibility index (Phi) is 2.17. The monoisotopic (exact) mass is 204 g/mol. The zero-order valence-corrected chi connectivity index (χ0v) is 8.36. The number of nitrogens with zero attached hydrogens (tertiary/aromatic N) is 2. The summed E-state index contributed by atoms with van der Waals surface area (Å²) in [6.07, 6.45) is 0. The number of aromatic nitrogens is 2. The molecule has 5 heteroatoms. The summed E-state index contributed by atoms with van der Waals surface area (Å²) in [5, 5.41) is 9.88. The number of nitrogens with two attached hydrogens (primary N) is 2. The maximum absolute atomic E-state index is 9.12. The molecular formula is C10H12N4O. The molecular weight excluding hydrogens is 192 g/mol. The Hall–Kier alpha value is -1.88. The fourth-order valence-corrected chi connectivity index (χ4v) is 1.66. The van der Waals surface area contributed by atoms with E-state index < -0.39 is 0 Å². The van der Waals surface area contributed by atoms with Crippen LogP contribution < -0.4 is 11.5 Å². The van der Waals surface area contributed by atoms with E-state index in [1.54, 1.807) is 6.07 Å². The lowest BCUT2D eigenvalue weighted by Crippen LogP contribution is -2.02. The third kappa shape index (κ3) is 1.46. The van der Waals surface area contributed by atoms with Crippen LogP contribution in [-0.4, -0.2) is 15.1 Å². The van der Waals surface area contributed by atoms with Crippen molar-refractivity contribution < 1.29 is 5.11 Å². The molecule has 0 spiro atoms. The molecule has 0 bridgehead atoms. The molecule has 0 atom stereocenters. The highest BCUT2D eigenvalue weighted by Crippen LogP contribution is 2.25. The number of benzene rings is 1. The van der Waals surface area contributed by atoms with Crippen molar-refractivity contribution in [2.45, 2.75) is 13.5 Å². The molecule has 1 aromatic carbocycles. The highest BCUT2D eigenvalue weighted by atomic mass is 16.3. The minimum absolute atomic E-state index is 0.0222. The van der Waals surface area contributed by atoms with E-state index in [9.17, 15) is 0 Å². The molecule has 0 saturated heterocycles. The van der Waals surface area contributed by atoms with Crippen LogP contribution in [0, 0.1) is 6.92 Å². The van der Waals surface area contributed by atoms with E-state index in [0.717, 1.165) is 16.5 Å². The van der Waals surface area contributed by atoms with Crippen molar-refractivity contribution in [2.24, 2.45) is 0 Å². The van der Waals surface area contributed by atoms with Gasteiger partial charge >= 0.3 is 0 Å². The number of hydrogen-bond acceptors (Lipinski definition) is 5. The quantitative estimate of drug-likeness (QED) is 0.631. The van der Waals surface area contributed by atoms with E-state index in [4.69, 9.17) is 16.6 Å². The Labute approximate surface area is 86.8 Å². The minimum atomic E-state index is -0.0222. The van der Waals surface area contributed by atoms with Crippen molar-refractivity contribution in [3.05, 3.63) is 23.3 Å². The fraction of sp³-hybridized carbons (Fsp3) is 0.200. The molecule has 0 aliphatic rings. The highest BCUT2D eigenvalue weighted by molar-refractivity contribution is 5.92. The standard InChI is InChI=1S/C10H12N4O/c1-5-6(4-15)2-3-7-8(5)9(11)14-10(12)13-7/h2-3,15H,4H2,1H3,(H4,11,12,13,14). The smallest absolute Gasteiger partial charge is 0.222 e. The predicted molar refractivity (Wildman–Crippen MR) is 59.0 cm³/mol. The third-order valence-corrected chi connectivity index (χ3v) is 2.45. The number of fused-ring (bicyclic) bond motifs is 1. The Bertz CT molecular complexity index is 524. The summed E-state index contributed by atoms with van der Waals surface area (Å²) in [5.41, 5.74) is 13.7. The Morgan fingerprint density at radius 3 is 2.67 bits per heavy atom. The topological polar surface area (TPSA) is 98.0 Å². The van der Waals surface area contributed by atoms with Crippen molar-refractivity contribution in [1.82, 2.24) is 9.97 Å². The second-order valence-corrected chi connectivity index (χ2v) is 3.37. The zero-order valence-electron chi connectivity index (χ0n) is 8.36. The largest absolute Gasteiger partial charge is 0.392 e. The van der Waals surface area contributed by atoms with Gasteiger partial charge in [0, 0.05) is 5.39 Å². The van der Waals surface area contributed by atoms with Crippen LogP contribution >= 0.6 is 0 Å². The fourth-order valence-electron chi connectivity index (χ4n) is 1.66. The summed E-state index contributed by atoms with van der Waals surface area (Å²) in [6.45, 7) is 1.86. The SMILES string of the molecule is Cc1c(CO)ccc2nc(N)nc(N)c12. The molecule has 5 nitrogen and oxygen atoms in total. The number of aliphatic hydroxyl groups excluding tert-OH is 1. The summed E-state index contributed by atoms with van der Waals surface area (Å²) in [5.74, 6) is 0.515. The number of nitrogen functional groups attached to an aromatic ring is 2.